The standard InChI is InChI=1S/C8H8O2.C7H8S/c9-8(10)6-7-4-2-1-3-5-7;8-6-7-4-2-1-3-5-7/h1-5H,6H2,(H,9,10);1-5,8H,6H2. The molecule has 0 saturated heterocycles. The van der Waals surface area contributed by atoms with Gasteiger partial charge in [-0.25, -0.2) is 0 Å². The van der Waals surface area contributed by atoms with Gasteiger partial charge in [-0.15, -0.1) is 0 Å². The van der Waals surface area contributed by atoms with Gasteiger partial charge in [-0.1, -0.05) is 60.7 Å². The lowest BCUT2D eigenvalue weighted by Crippen LogP contribution is -1.98. The van der Waals surface area contributed by atoms with Crippen molar-refractivity contribution in [3.63, 3.8) is 0 Å². The van der Waals surface area contributed by atoms with Crippen LogP contribution in [-0.4, -0.2) is 11.1 Å². The van der Waals surface area contributed by atoms with Gasteiger partial charge in [0.25, 0.3) is 0 Å². The van der Waals surface area contributed by atoms with Crippen LogP contribution in [0.3, 0.4) is 0 Å². The highest BCUT2D eigenvalue weighted by atomic mass is 32.1. The summed E-state index contributed by atoms with van der Waals surface area (Å²) >= 11 is 4.11. The lowest BCUT2D eigenvalue weighted by molar-refractivity contribution is -0.136. The predicted octanol–water partition coefficient (Wildman–Crippen LogP) is 3.43. The third-order valence-electron chi connectivity index (χ3n) is 2.22. The summed E-state index contributed by atoms with van der Waals surface area (Å²) < 4.78 is 0. The van der Waals surface area contributed by atoms with E-state index in [9.17, 15) is 4.79 Å². The molecule has 2 nitrogen and oxygen atoms in total. The average molecular weight is 260 g/mol. The first-order valence-electron chi connectivity index (χ1n) is 5.63. The molecule has 0 atom stereocenters. The summed E-state index contributed by atoms with van der Waals surface area (Å²) in [5.74, 6) is 0.0482. The number of aliphatic carboxylic acids is 1. The van der Waals surface area contributed by atoms with Crippen molar-refractivity contribution in [1.82, 2.24) is 0 Å². The summed E-state index contributed by atoms with van der Waals surface area (Å²) in [5, 5.41) is 8.37. The monoisotopic (exact) mass is 260 g/mol. The zero-order valence-electron chi connectivity index (χ0n) is 9.99. The van der Waals surface area contributed by atoms with Crippen molar-refractivity contribution in [2.45, 2.75) is 12.2 Å². The number of rotatable bonds is 3. The van der Waals surface area contributed by atoms with Crippen LogP contribution >= 0.6 is 12.6 Å². The van der Waals surface area contributed by atoms with Crippen molar-refractivity contribution >= 4 is 18.6 Å². The maximum Gasteiger partial charge on any atom is 0.307 e. The number of hydrogen-bond acceptors (Lipinski definition) is 2. The van der Waals surface area contributed by atoms with Crippen molar-refractivity contribution in [2.75, 3.05) is 0 Å². The predicted molar refractivity (Wildman–Crippen MR) is 76.9 cm³/mol. The minimum Gasteiger partial charge on any atom is -0.481 e. The van der Waals surface area contributed by atoms with Crippen LogP contribution in [0.4, 0.5) is 0 Å². The van der Waals surface area contributed by atoms with Gasteiger partial charge >= 0.3 is 5.97 Å². The molecular formula is C15H16O2S. The summed E-state index contributed by atoms with van der Waals surface area (Å²) in [6.07, 6.45) is 0.112. The van der Waals surface area contributed by atoms with E-state index in [4.69, 9.17) is 5.11 Å². The lowest BCUT2D eigenvalue weighted by Gasteiger charge is -1.92. The molecule has 2 aromatic carbocycles. The quantitative estimate of drug-likeness (QED) is 0.830. The Morgan fingerprint density at radius 3 is 1.67 bits per heavy atom. The third-order valence-corrected chi connectivity index (χ3v) is 2.59. The molecule has 18 heavy (non-hydrogen) atoms. The van der Waals surface area contributed by atoms with Crippen LogP contribution in [0.25, 0.3) is 0 Å². The number of hydrogen-bond donors (Lipinski definition) is 2. The molecular weight excluding hydrogens is 244 g/mol. The van der Waals surface area contributed by atoms with Gasteiger partial charge in [0.1, 0.15) is 0 Å². The number of carbonyl (C=O) groups is 1. The molecule has 2 rings (SSSR count). The van der Waals surface area contributed by atoms with E-state index in [1.807, 2.05) is 36.4 Å². The third kappa shape index (κ3) is 6.11. The molecule has 0 radical (unpaired) electrons. The Hall–Kier alpha value is -1.74. The topological polar surface area (TPSA) is 37.3 Å². The van der Waals surface area contributed by atoms with Gasteiger partial charge in [-0.3, -0.25) is 4.79 Å². The Balaban J connectivity index is 0.000000184. The number of carboxylic acid groups (broad SMARTS) is 1. The Morgan fingerprint density at radius 1 is 0.889 bits per heavy atom. The summed E-state index contributed by atoms with van der Waals surface area (Å²) in [6, 6.07) is 19.3. The molecule has 2 aromatic rings. The molecule has 0 aliphatic rings. The van der Waals surface area contributed by atoms with Crippen LogP contribution < -0.4 is 0 Å². The van der Waals surface area contributed by atoms with E-state index in [0.29, 0.717) is 0 Å². The minimum absolute atomic E-state index is 0.112. The van der Waals surface area contributed by atoms with Crippen LogP contribution in [0.2, 0.25) is 0 Å². The average Bonchev–Trinajstić information content (AvgIpc) is 2.41. The van der Waals surface area contributed by atoms with E-state index in [1.165, 1.54) is 5.56 Å². The molecule has 0 unspecified atom stereocenters. The number of carboxylic acids is 1. The van der Waals surface area contributed by atoms with E-state index in [0.717, 1.165) is 11.3 Å². The highest BCUT2D eigenvalue weighted by Gasteiger charge is 1.96. The summed E-state index contributed by atoms with van der Waals surface area (Å²) in [4.78, 5) is 10.2. The van der Waals surface area contributed by atoms with E-state index >= 15 is 0 Å². The van der Waals surface area contributed by atoms with Crippen LogP contribution in [0.5, 0.6) is 0 Å². The molecule has 1 N–H and O–H groups in total. The highest BCUT2D eigenvalue weighted by molar-refractivity contribution is 7.79. The fourth-order valence-electron chi connectivity index (χ4n) is 1.35. The summed E-state index contributed by atoms with van der Waals surface area (Å²) in [5.41, 5.74) is 2.12. The molecule has 94 valence electrons. The van der Waals surface area contributed by atoms with E-state index in [-0.39, 0.29) is 6.42 Å². The van der Waals surface area contributed by atoms with E-state index in [1.54, 1.807) is 12.1 Å². The van der Waals surface area contributed by atoms with Crippen molar-refractivity contribution < 1.29 is 9.90 Å². The second kappa shape index (κ2) is 8.37. The van der Waals surface area contributed by atoms with Crippen molar-refractivity contribution in [3.05, 3.63) is 71.8 Å². The highest BCUT2D eigenvalue weighted by Crippen LogP contribution is 2.00. The van der Waals surface area contributed by atoms with Crippen LogP contribution in [0.1, 0.15) is 11.1 Å². The fourth-order valence-corrected chi connectivity index (χ4v) is 1.56. The van der Waals surface area contributed by atoms with Crippen molar-refractivity contribution in [2.24, 2.45) is 0 Å². The van der Waals surface area contributed by atoms with Crippen molar-refractivity contribution in [1.29, 1.82) is 0 Å². The Labute approximate surface area is 113 Å². The normalized spacial score (nSPS) is 9.17. The first kappa shape index (κ1) is 14.3. The Bertz CT molecular complexity index is 454. The molecule has 0 bridgehead atoms. The van der Waals surface area contributed by atoms with E-state index < -0.39 is 5.97 Å². The molecule has 3 heteroatoms. The Kier molecular flexibility index (Phi) is 6.66. The number of thiol groups is 1. The zero-order valence-corrected chi connectivity index (χ0v) is 10.9. The van der Waals surface area contributed by atoms with Gasteiger partial charge in [-0.2, -0.15) is 12.6 Å². The van der Waals surface area contributed by atoms with E-state index in [2.05, 4.69) is 24.8 Å². The van der Waals surface area contributed by atoms with Gasteiger partial charge in [-0.05, 0) is 11.1 Å². The van der Waals surface area contributed by atoms with Gasteiger partial charge < -0.3 is 5.11 Å². The van der Waals surface area contributed by atoms with Crippen LogP contribution in [0, 0.1) is 0 Å². The maximum atomic E-state index is 10.2. The summed E-state index contributed by atoms with van der Waals surface area (Å²) in [7, 11) is 0. The van der Waals surface area contributed by atoms with Gasteiger partial charge in [0.15, 0.2) is 0 Å². The van der Waals surface area contributed by atoms with Gasteiger partial charge in [0.05, 0.1) is 6.42 Å². The van der Waals surface area contributed by atoms with Crippen LogP contribution in [-0.2, 0) is 17.0 Å². The summed E-state index contributed by atoms with van der Waals surface area (Å²) in [6.45, 7) is 0. The molecule has 0 amide bonds. The SMILES string of the molecule is O=C(O)Cc1ccccc1.SCc1ccccc1. The first-order valence-corrected chi connectivity index (χ1v) is 6.26. The molecule has 0 aromatic heterocycles. The zero-order chi connectivity index (χ0) is 13.2. The van der Waals surface area contributed by atoms with Crippen molar-refractivity contribution in [3.8, 4) is 0 Å². The number of benzene rings is 2. The molecule has 0 spiro atoms. The second-order valence-electron chi connectivity index (χ2n) is 3.70. The molecule has 0 aliphatic heterocycles. The van der Waals surface area contributed by atoms with Crippen LogP contribution in [0.15, 0.2) is 60.7 Å². The lowest BCUT2D eigenvalue weighted by atomic mass is 10.2. The fraction of sp³-hybridized carbons (Fsp3) is 0.133. The van der Waals surface area contributed by atoms with Gasteiger partial charge in [0, 0.05) is 5.75 Å². The molecule has 0 heterocycles. The smallest absolute Gasteiger partial charge is 0.307 e. The molecule has 0 fully saturated rings. The molecule has 0 aliphatic carbocycles. The molecule has 0 saturated carbocycles. The Morgan fingerprint density at radius 2 is 1.33 bits per heavy atom. The maximum absolute atomic E-state index is 10.2. The second-order valence-corrected chi connectivity index (χ2v) is 4.02. The van der Waals surface area contributed by atoms with Gasteiger partial charge in [0.2, 0.25) is 0 Å². The minimum atomic E-state index is -0.786. The first-order chi connectivity index (χ1) is 8.72. The largest absolute Gasteiger partial charge is 0.481 e.